The molecule has 0 radical (unpaired) electrons. The van der Waals surface area contributed by atoms with Crippen LogP contribution >= 0.6 is 0 Å². The molecule has 0 bridgehead atoms. The Bertz CT molecular complexity index is 431. The molecule has 1 aliphatic heterocycles. The minimum Gasteiger partial charge on any atom is -0.494 e. The van der Waals surface area contributed by atoms with Gasteiger partial charge in [-0.15, -0.1) is 0 Å². The van der Waals surface area contributed by atoms with E-state index in [4.69, 9.17) is 4.74 Å². The van der Waals surface area contributed by atoms with Crippen molar-refractivity contribution in [3.8, 4) is 5.75 Å². The highest BCUT2D eigenvalue weighted by atomic mass is 16.5. The second kappa shape index (κ2) is 5.41. The lowest BCUT2D eigenvalue weighted by Gasteiger charge is -2.51. The Morgan fingerprint density at radius 2 is 2.11 bits per heavy atom. The summed E-state index contributed by atoms with van der Waals surface area (Å²) in [7, 11) is 2.20. The first kappa shape index (κ1) is 14.2. The molecule has 1 aromatic carbocycles. The Hall–Kier alpha value is -1.22. The van der Waals surface area contributed by atoms with Gasteiger partial charge in [-0.3, -0.25) is 0 Å². The molecular weight excluding hydrogens is 236 g/mol. The summed E-state index contributed by atoms with van der Waals surface area (Å²) < 4.78 is 5.62. The average Bonchev–Trinajstić information content (AvgIpc) is 2.27. The molecule has 0 aromatic heterocycles. The maximum absolute atomic E-state index is 5.62. The molecule has 19 heavy (non-hydrogen) atoms. The third-order valence-electron chi connectivity index (χ3n) is 3.73. The van der Waals surface area contributed by atoms with Gasteiger partial charge in [-0.05, 0) is 46.9 Å². The summed E-state index contributed by atoms with van der Waals surface area (Å²) in [5.41, 5.74) is 1.40. The Balaban J connectivity index is 2.30. The molecule has 0 spiro atoms. The van der Waals surface area contributed by atoms with Crippen molar-refractivity contribution in [1.29, 1.82) is 0 Å². The normalized spacial score (nSPS) is 23.4. The number of benzene rings is 1. The molecule has 2 rings (SSSR count). The highest BCUT2D eigenvalue weighted by molar-refractivity contribution is 5.54. The van der Waals surface area contributed by atoms with Crippen molar-refractivity contribution in [3.63, 3.8) is 0 Å². The summed E-state index contributed by atoms with van der Waals surface area (Å²) >= 11 is 0. The summed E-state index contributed by atoms with van der Waals surface area (Å²) in [6.07, 6.45) is 0. The van der Waals surface area contributed by atoms with Crippen molar-refractivity contribution >= 4 is 5.69 Å². The molecule has 0 N–H and O–H groups in total. The van der Waals surface area contributed by atoms with Gasteiger partial charge in [0.1, 0.15) is 5.75 Å². The highest BCUT2D eigenvalue weighted by Crippen LogP contribution is 2.32. The molecule has 1 heterocycles. The first-order valence-electron chi connectivity index (χ1n) is 7.15. The van der Waals surface area contributed by atoms with Crippen LogP contribution in [-0.4, -0.2) is 43.2 Å². The molecule has 0 amide bonds. The molecule has 3 nitrogen and oxygen atoms in total. The van der Waals surface area contributed by atoms with E-state index in [1.54, 1.807) is 0 Å². The van der Waals surface area contributed by atoms with E-state index in [1.165, 1.54) is 5.69 Å². The zero-order valence-electron chi connectivity index (χ0n) is 12.8. The number of nitrogens with zero attached hydrogens (tertiary/aromatic N) is 2. The molecular formula is C16H26N2O. The van der Waals surface area contributed by atoms with E-state index in [1.807, 2.05) is 13.0 Å². The fraction of sp³-hybridized carbons (Fsp3) is 0.625. The van der Waals surface area contributed by atoms with E-state index in [-0.39, 0.29) is 5.54 Å². The molecule has 1 aromatic rings. The van der Waals surface area contributed by atoms with E-state index in [0.29, 0.717) is 12.6 Å². The maximum Gasteiger partial charge on any atom is 0.121 e. The Morgan fingerprint density at radius 1 is 1.37 bits per heavy atom. The van der Waals surface area contributed by atoms with Crippen LogP contribution in [0.1, 0.15) is 27.7 Å². The van der Waals surface area contributed by atoms with E-state index >= 15 is 0 Å². The molecule has 1 saturated heterocycles. The van der Waals surface area contributed by atoms with Gasteiger partial charge in [-0.2, -0.15) is 0 Å². The van der Waals surface area contributed by atoms with Crippen LogP contribution in [0, 0.1) is 0 Å². The first-order valence-corrected chi connectivity index (χ1v) is 7.15. The number of rotatable bonds is 3. The molecule has 0 saturated carbocycles. The third-order valence-corrected chi connectivity index (χ3v) is 3.73. The number of hydrogen-bond donors (Lipinski definition) is 0. The van der Waals surface area contributed by atoms with E-state index in [0.717, 1.165) is 18.8 Å². The van der Waals surface area contributed by atoms with Crippen molar-refractivity contribution in [2.45, 2.75) is 39.3 Å². The van der Waals surface area contributed by atoms with Crippen LogP contribution in [-0.2, 0) is 0 Å². The fourth-order valence-electron chi connectivity index (χ4n) is 3.42. The zero-order valence-corrected chi connectivity index (χ0v) is 12.8. The van der Waals surface area contributed by atoms with Gasteiger partial charge < -0.3 is 14.5 Å². The average molecular weight is 262 g/mol. The summed E-state index contributed by atoms with van der Waals surface area (Å²) in [5.74, 6) is 0.960. The van der Waals surface area contributed by atoms with Crippen LogP contribution in [0.5, 0.6) is 5.75 Å². The number of piperazine rings is 1. The van der Waals surface area contributed by atoms with Gasteiger partial charge in [-0.1, -0.05) is 6.07 Å². The lowest BCUT2D eigenvalue weighted by Crippen LogP contribution is -2.62. The van der Waals surface area contributed by atoms with Gasteiger partial charge in [0.25, 0.3) is 0 Å². The van der Waals surface area contributed by atoms with Crippen LogP contribution in [0.4, 0.5) is 5.69 Å². The van der Waals surface area contributed by atoms with E-state index < -0.39 is 0 Å². The third kappa shape index (κ3) is 3.03. The highest BCUT2D eigenvalue weighted by Gasteiger charge is 2.36. The monoisotopic (exact) mass is 262 g/mol. The summed E-state index contributed by atoms with van der Waals surface area (Å²) in [6.45, 7) is 11.8. The molecule has 3 heteroatoms. The van der Waals surface area contributed by atoms with Crippen molar-refractivity contribution in [2.75, 3.05) is 31.6 Å². The van der Waals surface area contributed by atoms with Gasteiger partial charge in [0.2, 0.25) is 0 Å². The SMILES string of the molecule is CCOc1cccc(N2C(C)CN(C)CC2(C)C)c1. The number of anilines is 1. The van der Waals surface area contributed by atoms with Gasteiger partial charge >= 0.3 is 0 Å². The number of ether oxygens (including phenoxy) is 1. The number of hydrogen-bond acceptors (Lipinski definition) is 3. The molecule has 1 atom stereocenters. The predicted octanol–water partition coefficient (Wildman–Crippen LogP) is 3.00. The summed E-state index contributed by atoms with van der Waals surface area (Å²) in [6, 6.07) is 8.96. The maximum atomic E-state index is 5.62. The lowest BCUT2D eigenvalue weighted by atomic mass is 9.94. The molecule has 106 valence electrons. The second-order valence-electron chi connectivity index (χ2n) is 6.16. The van der Waals surface area contributed by atoms with Gasteiger partial charge in [0.05, 0.1) is 6.61 Å². The van der Waals surface area contributed by atoms with Crippen molar-refractivity contribution < 1.29 is 4.74 Å². The fourth-order valence-corrected chi connectivity index (χ4v) is 3.42. The predicted molar refractivity (Wildman–Crippen MR) is 81.1 cm³/mol. The topological polar surface area (TPSA) is 15.7 Å². The van der Waals surface area contributed by atoms with Gasteiger partial charge in [-0.25, -0.2) is 0 Å². The Morgan fingerprint density at radius 3 is 2.74 bits per heavy atom. The van der Waals surface area contributed by atoms with Crippen LogP contribution in [0.25, 0.3) is 0 Å². The van der Waals surface area contributed by atoms with Gasteiger partial charge in [0, 0.05) is 36.4 Å². The standard InChI is InChI=1S/C16H26N2O/c1-6-19-15-9-7-8-14(10-15)18-13(2)11-17(5)12-16(18,3)4/h7-10,13H,6,11-12H2,1-5H3. The minimum atomic E-state index is 0.136. The Labute approximate surface area is 117 Å². The molecule has 1 fully saturated rings. The molecule has 1 aliphatic rings. The lowest BCUT2D eigenvalue weighted by molar-refractivity contribution is 0.186. The largest absolute Gasteiger partial charge is 0.494 e. The molecule has 0 aliphatic carbocycles. The van der Waals surface area contributed by atoms with Crippen LogP contribution in [0.15, 0.2) is 24.3 Å². The number of likely N-dealkylation sites (N-methyl/N-ethyl adjacent to an activating group) is 1. The van der Waals surface area contributed by atoms with E-state index in [9.17, 15) is 0 Å². The van der Waals surface area contributed by atoms with Crippen LogP contribution < -0.4 is 9.64 Å². The zero-order chi connectivity index (χ0) is 14.0. The van der Waals surface area contributed by atoms with Gasteiger partial charge in [0.15, 0.2) is 0 Å². The second-order valence-corrected chi connectivity index (χ2v) is 6.16. The van der Waals surface area contributed by atoms with E-state index in [2.05, 4.69) is 55.8 Å². The Kier molecular flexibility index (Phi) is 4.04. The van der Waals surface area contributed by atoms with Crippen molar-refractivity contribution in [2.24, 2.45) is 0 Å². The quantitative estimate of drug-likeness (QED) is 0.833. The summed E-state index contributed by atoms with van der Waals surface area (Å²) in [4.78, 5) is 4.93. The van der Waals surface area contributed by atoms with Crippen molar-refractivity contribution in [1.82, 2.24) is 4.90 Å². The van der Waals surface area contributed by atoms with Crippen LogP contribution in [0.2, 0.25) is 0 Å². The van der Waals surface area contributed by atoms with Crippen LogP contribution in [0.3, 0.4) is 0 Å². The minimum absolute atomic E-state index is 0.136. The molecule has 1 unspecified atom stereocenters. The first-order chi connectivity index (χ1) is 8.94. The van der Waals surface area contributed by atoms with Crippen molar-refractivity contribution in [3.05, 3.63) is 24.3 Å². The smallest absolute Gasteiger partial charge is 0.121 e. The summed E-state index contributed by atoms with van der Waals surface area (Å²) in [5, 5.41) is 0.